The highest BCUT2D eigenvalue weighted by Gasteiger charge is 2.40. The van der Waals surface area contributed by atoms with Crippen LogP contribution in [-0.2, 0) is 14.4 Å². The van der Waals surface area contributed by atoms with Crippen LogP contribution in [0.4, 0.5) is 10.1 Å². The Bertz CT molecular complexity index is 790. The maximum Gasteiger partial charge on any atom is 0.323 e. The minimum absolute atomic E-state index is 0.00750. The molecule has 1 aromatic rings. The summed E-state index contributed by atoms with van der Waals surface area (Å²) < 4.78 is 13.5. The standard InChI is InChI=1S/C13H7FN2O4S2/c14-5-1-2-7-6(3-5)9(11(19)15-7)10-12(20)16(4-8(17)18)13(21)22-10/h1-3H,4H2,(H,15,19)(H,17,18)/b10-9+. The fraction of sp³-hybridized carbons (Fsp3) is 0.0769. The summed E-state index contributed by atoms with van der Waals surface area (Å²) >= 11 is 5.81. The van der Waals surface area contributed by atoms with Crippen molar-refractivity contribution in [1.82, 2.24) is 4.90 Å². The molecular weight excluding hydrogens is 331 g/mol. The van der Waals surface area contributed by atoms with Crippen molar-refractivity contribution in [1.29, 1.82) is 0 Å². The van der Waals surface area contributed by atoms with E-state index < -0.39 is 30.1 Å². The number of amides is 2. The third-order valence-electron chi connectivity index (χ3n) is 3.10. The van der Waals surface area contributed by atoms with Crippen molar-refractivity contribution in [3.05, 3.63) is 34.5 Å². The molecule has 2 amide bonds. The fourth-order valence-corrected chi connectivity index (χ4v) is 3.52. The van der Waals surface area contributed by atoms with Gasteiger partial charge >= 0.3 is 5.97 Å². The second kappa shape index (κ2) is 5.18. The molecular formula is C13H7FN2O4S2. The van der Waals surface area contributed by atoms with Crippen LogP contribution in [-0.4, -0.2) is 38.7 Å². The van der Waals surface area contributed by atoms with Crippen molar-refractivity contribution < 1.29 is 23.9 Å². The molecule has 2 N–H and O–H groups in total. The SMILES string of the molecule is O=C(O)CN1C(=O)/C(=C2\C(=O)Nc3ccc(F)cc32)SC1=S. The van der Waals surface area contributed by atoms with Crippen LogP contribution in [0.3, 0.4) is 0 Å². The van der Waals surface area contributed by atoms with Gasteiger partial charge in [0.15, 0.2) is 0 Å². The lowest BCUT2D eigenvalue weighted by Crippen LogP contribution is -2.33. The highest BCUT2D eigenvalue weighted by atomic mass is 32.2. The van der Waals surface area contributed by atoms with Gasteiger partial charge in [0, 0.05) is 11.3 Å². The monoisotopic (exact) mass is 338 g/mol. The van der Waals surface area contributed by atoms with Crippen LogP contribution < -0.4 is 5.32 Å². The Morgan fingerprint density at radius 1 is 1.41 bits per heavy atom. The van der Waals surface area contributed by atoms with Crippen molar-refractivity contribution >= 4 is 57.3 Å². The van der Waals surface area contributed by atoms with Gasteiger partial charge in [-0.1, -0.05) is 24.0 Å². The van der Waals surface area contributed by atoms with Crippen LogP contribution in [0.25, 0.3) is 5.57 Å². The predicted molar refractivity (Wildman–Crippen MR) is 81.5 cm³/mol. The number of carboxylic acids is 1. The lowest BCUT2D eigenvalue weighted by molar-refractivity contribution is -0.140. The van der Waals surface area contributed by atoms with Crippen LogP contribution in [0.5, 0.6) is 0 Å². The van der Waals surface area contributed by atoms with Gasteiger partial charge in [-0.3, -0.25) is 19.3 Å². The summed E-state index contributed by atoms with van der Waals surface area (Å²) in [5.74, 6) is -2.98. The predicted octanol–water partition coefficient (Wildman–Crippen LogP) is 1.43. The van der Waals surface area contributed by atoms with Gasteiger partial charge in [-0.15, -0.1) is 0 Å². The highest BCUT2D eigenvalue weighted by Crippen LogP contribution is 2.42. The van der Waals surface area contributed by atoms with E-state index in [1.165, 1.54) is 12.1 Å². The molecule has 1 fully saturated rings. The van der Waals surface area contributed by atoms with E-state index in [0.717, 1.165) is 22.7 Å². The lowest BCUT2D eigenvalue weighted by atomic mass is 10.1. The normalized spacial score (nSPS) is 20.4. The van der Waals surface area contributed by atoms with Crippen molar-refractivity contribution in [2.24, 2.45) is 0 Å². The van der Waals surface area contributed by atoms with Gasteiger partial charge in [0.1, 0.15) is 16.7 Å². The highest BCUT2D eigenvalue weighted by molar-refractivity contribution is 8.26. The molecule has 2 aliphatic rings. The maximum absolute atomic E-state index is 13.4. The molecule has 6 nitrogen and oxygen atoms in total. The van der Waals surface area contributed by atoms with E-state index in [1.54, 1.807) is 0 Å². The van der Waals surface area contributed by atoms with Crippen LogP contribution in [0.1, 0.15) is 5.56 Å². The van der Waals surface area contributed by atoms with Crippen LogP contribution >= 0.6 is 24.0 Å². The van der Waals surface area contributed by atoms with Gasteiger partial charge in [-0.25, -0.2) is 4.39 Å². The molecule has 9 heteroatoms. The Hall–Kier alpha value is -2.26. The van der Waals surface area contributed by atoms with E-state index in [2.05, 4.69) is 5.32 Å². The van der Waals surface area contributed by atoms with Gasteiger partial charge in [-0.2, -0.15) is 0 Å². The smallest absolute Gasteiger partial charge is 0.323 e. The second-order valence-electron chi connectivity index (χ2n) is 4.50. The quantitative estimate of drug-likeness (QED) is 0.627. The Kier molecular flexibility index (Phi) is 3.45. The van der Waals surface area contributed by atoms with E-state index in [4.69, 9.17) is 17.3 Å². The molecule has 1 aromatic carbocycles. The number of hydrogen-bond acceptors (Lipinski definition) is 5. The number of anilines is 1. The van der Waals surface area contributed by atoms with Crippen LogP contribution in [0, 0.1) is 5.82 Å². The van der Waals surface area contributed by atoms with E-state index in [9.17, 15) is 18.8 Å². The van der Waals surface area contributed by atoms with Crippen LogP contribution in [0.2, 0.25) is 0 Å². The van der Waals surface area contributed by atoms with Gasteiger partial charge in [0.25, 0.3) is 11.8 Å². The molecule has 0 aliphatic carbocycles. The Morgan fingerprint density at radius 2 is 2.14 bits per heavy atom. The van der Waals surface area contributed by atoms with Crippen molar-refractivity contribution in [3.8, 4) is 0 Å². The number of rotatable bonds is 2. The minimum atomic E-state index is -1.22. The molecule has 0 radical (unpaired) electrons. The number of carbonyl (C=O) groups is 3. The molecule has 0 bridgehead atoms. The third kappa shape index (κ3) is 2.28. The van der Waals surface area contributed by atoms with E-state index >= 15 is 0 Å². The molecule has 0 spiro atoms. The third-order valence-corrected chi connectivity index (χ3v) is 4.54. The zero-order valence-corrected chi connectivity index (χ0v) is 12.4. The lowest BCUT2D eigenvalue weighted by Gasteiger charge is -2.10. The summed E-state index contributed by atoms with van der Waals surface area (Å²) in [7, 11) is 0. The first kappa shape index (κ1) is 14.7. The van der Waals surface area contributed by atoms with Crippen molar-refractivity contribution in [2.45, 2.75) is 0 Å². The summed E-state index contributed by atoms with van der Waals surface area (Å²) in [5, 5.41) is 11.3. The molecule has 0 atom stereocenters. The molecule has 112 valence electrons. The largest absolute Gasteiger partial charge is 0.480 e. The Labute approximate surface area is 133 Å². The molecule has 0 saturated carbocycles. The number of hydrogen-bond donors (Lipinski definition) is 2. The van der Waals surface area contributed by atoms with Crippen molar-refractivity contribution in [3.63, 3.8) is 0 Å². The number of benzene rings is 1. The van der Waals surface area contributed by atoms with Gasteiger partial charge < -0.3 is 10.4 Å². The topological polar surface area (TPSA) is 86.7 Å². The fourth-order valence-electron chi connectivity index (χ4n) is 2.19. The number of aliphatic carboxylic acids is 1. The van der Waals surface area contributed by atoms with Gasteiger partial charge in [0.2, 0.25) is 0 Å². The van der Waals surface area contributed by atoms with Crippen molar-refractivity contribution in [2.75, 3.05) is 11.9 Å². The Balaban J connectivity index is 2.10. The molecule has 22 heavy (non-hydrogen) atoms. The molecule has 0 aromatic heterocycles. The molecule has 2 heterocycles. The van der Waals surface area contributed by atoms with E-state index in [-0.39, 0.29) is 20.4 Å². The summed E-state index contributed by atoms with van der Waals surface area (Å²) in [4.78, 5) is 36.1. The number of nitrogens with one attached hydrogen (secondary N) is 1. The number of halogens is 1. The zero-order valence-electron chi connectivity index (χ0n) is 10.8. The minimum Gasteiger partial charge on any atom is -0.480 e. The van der Waals surface area contributed by atoms with E-state index in [0.29, 0.717) is 5.69 Å². The number of carbonyl (C=O) groups excluding carboxylic acids is 2. The maximum atomic E-state index is 13.4. The first-order chi connectivity index (χ1) is 10.4. The first-order valence-corrected chi connectivity index (χ1v) is 7.22. The van der Waals surface area contributed by atoms with E-state index in [1.807, 2.05) is 0 Å². The molecule has 0 unspecified atom stereocenters. The average molecular weight is 338 g/mol. The molecule has 1 saturated heterocycles. The molecule has 3 rings (SSSR count). The van der Waals surface area contributed by atoms with Crippen LogP contribution in [0.15, 0.2) is 23.1 Å². The second-order valence-corrected chi connectivity index (χ2v) is 6.15. The first-order valence-electron chi connectivity index (χ1n) is 5.99. The number of nitrogens with zero attached hydrogens (tertiary/aromatic N) is 1. The zero-order chi connectivity index (χ0) is 16.0. The number of fused-ring (bicyclic) bond motifs is 1. The summed E-state index contributed by atoms with van der Waals surface area (Å²) in [6.45, 7) is -0.584. The Morgan fingerprint density at radius 3 is 2.82 bits per heavy atom. The molecule has 2 aliphatic heterocycles. The average Bonchev–Trinajstić information content (AvgIpc) is 2.88. The number of thiocarbonyl (C=S) groups is 1. The van der Waals surface area contributed by atoms with Gasteiger partial charge in [0.05, 0.1) is 10.5 Å². The number of carboxylic acid groups (broad SMARTS) is 1. The summed E-state index contributed by atoms with van der Waals surface area (Å²) in [5.41, 5.74) is 0.672. The summed E-state index contributed by atoms with van der Waals surface area (Å²) in [6, 6.07) is 3.73. The summed E-state index contributed by atoms with van der Waals surface area (Å²) in [6.07, 6.45) is 0. The van der Waals surface area contributed by atoms with Gasteiger partial charge in [-0.05, 0) is 18.2 Å². The number of thioether (sulfide) groups is 1.